The topological polar surface area (TPSA) is 32.7 Å². The van der Waals surface area contributed by atoms with E-state index in [1.165, 1.54) is 38.1 Å². The van der Waals surface area contributed by atoms with Crippen molar-refractivity contribution in [3.05, 3.63) is 29.6 Å². The summed E-state index contributed by atoms with van der Waals surface area (Å²) in [6.07, 6.45) is 2.83. The highest BCUT2D eigenvalue weighted by Gasteiger charge is 2.12. The van der Waals surface area contributed by atoms with E-state index in [0.29, 0.717) is 17.9 Å². The maximum absolute atomic E-state index is 13.1. The Labute approximate surface area is 114 Å². The Hall–Kier alpha value is -1.13. The fraction of sp³-hybridized carbons (Fsp3) is 0.600. The summed E-state index contributed by atoms with van der Waals surface area (Å²) in [5.74, 6) is 0.234. The van der Waals surface area contributed by atoms with Gasteiger partial charge in [0.15, 0.2) is 0 Å². The van der Waals surface area contributed by atoms with Gasteiger partial charge in [0.1, 0.15) is 11.6 Å². The number of benzene rings is 1. The average molecular weight is 267 g/mol. The van der Waals surface area contributed by atoms with Gasteiger partial charge in [-0.25, -0.2) is 4.39 Å². The third-order valence-electron chi connectivity index (χ3n) is 3.50. The quantitative estimate of drug-likeness (QED) is 0.804. The summed E-state index contributed by atoms with van der Waals surface area (Å²) >= 11 is 0. The van der Waals surface area contributed by atoms with E-state index in [1.807, 2.05) is 0 Å². The molecule has 1 unspecified atom stereocenters. The van der Waals surface area contributed by atoms with Gasteiger partial charge in [0.05, 0.1) is 12.7 Å². The van der Waals surface area contributed by atoms with Crippen molar-refractivity contribution in [1.82, 2.24) is 4.90 Å². The van der Waals surface area contributed by atoms with Gasteiger partial charge in [-0.3, -0.25) is 0 Å². The largest absolute Gasteiger partial charge is 0.493 e. The second kappa shape index (κ2) is 6.87. The van der Waals surface area contributed by atoms with Crippen LogP contribution >= 0.6 is 0 Å². The molecule has 1 aromatic rings. The summed E-state index contributed by atoms with van der Waals surface area (Å²) in [6.45, 7) is 5.64. The summed E-state index contributed by atoms with van der Waals surface area (Å²) in [7, 11) is 0. The van der Waals surface area contributed by atoms with Crippen molar-refractivity contribution in [3.8, 4) is 5.75 Å². The van der Waals surface area contributed by atoms with Crippen LogP contribution in [0, 0.1) is 5.82 Å². The summed E-state index contributed by atoms with van der Waals surface area (Å²) in [5.41, 5.74) is 0.515. The molecule has 0 spiro atoms. The Bertz CT molecular complexity index is 403. The number of aliphatic hydroxyl groups excluding tert-OH is 1. The van der Waals surface area contributed by atoms with Gasteiger partial charge in [-0.1, -0.05) is 0 Å². The van der Waals surface area contributed by atoms with Gasteiger partial charge in [-0.15, -0.1) is 0 Å². The molecule has 1 fully saturated rings. The van der Waals surface area contributed by atoms with Crippen LogP contribution in [0.2, 0.25) is 0 Å². The van der Waals surface area contributed by atoms with Crippen molar-refractivity contribution in [2.75, 3.05) is 26.2 Å². The van der Waals surface area contributed by atoms with Gasteiger partial charge >= 0.3 is 0 Å². The number of halogens is 1. The predicted octanol–water partition coefficient (Wildman–Crippen LogP) is 2.74. The van der Waals surface area contributed by atoms with Crippen LogP contribution in [0.15, 0.2) is 18.2 Å². The van der Waals surface area contributed by atoms with Gasteiger partial charge in [0.25, 0.3) is 0 Å². The molecular weight excluding hydrogens is 245 g/mol. The van der Waals surface area contributed by atoms with Crippen molar-refractivity contribution in [1.29, 1.82) is 0 Å². The molecule has 1 N–H and O–H groups in total. The lowest BCUT2D eigenvalue weighted by molar-refractivity contribution is 0.189. The van der Waals surface area contributed by atoms with Crippen LogP contribution in [-0.2, 0) is 0 Å². The van der Waals surface area contributed by atoms with Crippen LogP contribution in [0.25, 0.3) is 0 Å². The van der Waals surface area contributed by atoms with Crippen LogP contribution in [0.5, 0.6) is 5.75 Å². The molecule has 0 amide bonds. The Morgan fingerprint density at radius 1 is 1.37 bits per heavy atom. The highest BCUT2D eigenvalue weighted by molar-refractivity contribution is 5.35. The predicted molar refractivity (Wildman–Crippen MR) is 72.8 cm³/mol. The number of rotatable bonds is 6. The summed E-state index contributed by atoms with van der Waals surface area (Å²) < 4.78 is 18.8. The lowest BCUT2D eigenvalue weighted by atomic mass is 10.1. The zero-order valence-electron chi connectivity index (χ0n) is 11.4. The number of likely N-dealkylation sites (tertiary alicyclic amines) is 1. The van der Waals surface area contributed by atoms with Gasteiger partial charge < -0.3 is 14.7 Å². The maximum Gasteiger partial charge on any atom is 0.125 e. The van der Waals surface area contributed by atoms with E-state index in [9.17, 15) is 9.50 Å². The second-order valence-electron chi connectivity index (χ2n) is 5.11. The van der Waals surface area contributed by atoms with E-state index >= 15 is 0 Å². The van der Waals surface area contributed by atoms with Crippen LogP contribution in [0.1, 0.15) is 37.9 Å². The van der Waals surface area contributed by atoms with Crippen molar-refractivity contribution >= 4 is 0 Å². The third-order valence-corrected chi connectivity index (χ3v) is 3.50. The number of hydrogen-bond acceptors (Lipinski definition) is 3. The molecule has 0 aromatic heterocycles. The molecule has 1 atom stereocenters. The highest BCUT2D eigenvalue weighted by atomic mass is 19.1. The van der Waals surface area contributed by atoms with E-state index in [1.54, 1.807) is 13.0 Å². The van der Waals surface area contributed by atoms with E-state index in [2.05, 4.69) is 4.90 Å². The standard InChI is InChI=1S/C15H22FNO2/c1-12(18)14-11-13(16)5-6-15(14)19-10-4-9-17-7-2-3-8-17/h5-6,11-12,18H,2-4,7-10H2,1H3. The summed E-state index contributed by atoms with van der Waals surface area (Å²) in [5, 5.41) is 9.60. The lowest BCUT2D eigenvalue weighted by Gasteiger charge is -2.16. The molecule has 1 aliphatic rings. The van der Waals surface area contributed by atoms with E-state index in [0.717, 1.165) is 13.0 Å². The van der Waals surface area contributed by atoms with E-state index in [4.69, 9.17) is 4.74 Å². The Morgan fingerprint density at radius 3 is 2.79 bits per heavy atom. The molecule has 1 aromatic carbocycles. The summed E-state index contributed by atoms with van der Waals surface area (Å²) in [6, 6.07) is 4.29. The first kappa shape index (κ1) is 14.3. The Kier molecular flexibility index (Phi) is 5.16. The van der Waals surface area contributed by atoms with Gasteiger partial charge in [-0.2, -0.15) is 0 Å². The maximum atomic E-state index is 13.1. The molecule has 2 rings (SSSR count). The molecule has 0 saturated carbocycles. The van der Waals surface area contributed by atoms with Crippen LogP contribution in [0.3, 0.4) is 0 Å². The number of nitrogens with zero attached hydrogens (tertiary/aromatic N) is 1. The molecule has 3 nitrogen and oxygen atoms in total. The molecule has 106 valence electrons. The minimum Gasteiger partial charge on any atom is -0.493 e. The first-order valence-corrected chi connectivity index (χ1v) is 6.99. The van der Waals surface area contributed by atoms with Crippen molar-refractivity contribution in [3.63, 3.8) is 0 Å². The van der Waals surface area contributed by atoms with Crippen LogP contribution < -0.4 is 4.74 Å². The smallest absolute Gasteiger partial charge is 0.125 e. The second-order valence-corrected chi connectivity index (χ2v) is 5.11. The number of hydrogen-bond donors (Lipinski definition) is 1. The fourth-order valence-corrected chi connectivity index (χ4v) is 2.45. The summed E-state index contributed by atoms with van der Waals surface area (Å²) in [4.78, 5) is 2.43. The molecular formula is C15H22FNO2. The van der Waals surface area contributed by atoms with Crippen molar-refractivity contribution < 1.29 is 14.2 Å². The first-order valence-electron chi connectivity index (χ1n) is 6.99. The van der Waals surface area contributed by atoms with E-state index in [-0.39, 0.29) is 5.82 Å². The van der Waals surface area contributed by atoms with Gasteiger partial charge in [0.2, 0.25) is 0 Å². The molecule has 0 aliphatic carbocycles. The molecule has 0 radical (unpaired) electrons. The minimum absolute atomic E-state index is 0.347. The Balaban J connectivity index is 1.81. The zero-order chi connectivity index (χ0) is 13.7. The normalized spacial score (nSPS) is 17.6. The Morgan fingerprint density at radius 2 is 2.11 bits per heavy atom. The number of ether oxygens (including phenoxy) is 1. The molecule has 1 heterocycles. The van der Waals surface area contributed by atoms with Crippen molar-refractivity contribution in [2.45, 2.75) is 32.3 Å². The molecule has 0 bridgehead atoms. The van der Waals surface area contributed by atoms with E-state index < -0.39 is 6.10 Å². The fourth-order valence-electron chi connectivity index (χ4n) is 2.45. The highest BCUT2D eigenvalue weighted by Crippen LogP contribution is 2.26. The lowest BCUT2D eigenvalue weighted by Crippen LogP contribution is -2.22. The third kappa shape index (κ3) is 4.18. The number of aliphatic hydroxyl groups is 1. The monoisotopic (exact) mass is 267 g/mol. The first-order chi connectivity index (χ1) is 9.16. The molecule has 1 aliphatic heterocycles. The molecule has 1 saturated heterocycles. The average Bonchev–Trinajstić information content (AvgIpc) is 2.89. The zero-order valence-corrected chi connectivity index (χ0v) is 11.4. The van der Waals surface area contributed by atoms with Crippen molar-refractivity contribution in [2.24, 2.45) is 0 Å². The van der Waals surface area contributed by atoms with Crippen LogP contribution in [-0.4, -0.2) is 36.2 Å². The SMILES string of the molecule is CC(O)c1cc(F)ccc1OCCCN1CCCC1. The molecule has 4 heteroatoms. The molecule has 19 heavy (non-hydrogen) atoms. The van der Waals surface area contributed by atoms with Gasteiger partial charge in [-0.05, 0) is 57.5 Å². The van der Waals surface area contributed by atoms with Crippen LogP contribution in [0.4, 0.5) is 4.39 Å². The van der Waals surface area contributed by atoms with Gasteiger partial charge in [0, 0.05) is 12.1 Å². The minimum atomic E-state index is -0.718.